The van der Waals surface area contributed by atoms with Crippen LogP contribution >= 0.6 is 0 Å². The first-order chi connectivity index (χ1) is 5.79. The lowest BCUT2D eigenvalue weighted by Crippen LogP contribution is -2.17. The van der Waals surface area contributed by atoms with Crippen LogP contribution in [0.1, 0.15) is 0 Å². The van der Waals surface area contributed by atoms with E-state index < -0.39 is 0 Å². The first-order valence-corrected chi connectivity index (χ1v) is 3.93. The van der Waals surface area contributed by atoms with Crippen LogP contribution in [0.4, 0.5) is 11.5 Å². The average molecular weight is 169 g/mol. The number of nitrogens with zero attached hydrogens (tertiary/aromatic N) is 2. The van der Waals surface area contributed by atoms with Crippen molar-refractivity contribution < 1.29 is 0 Å². The van der Waals surface area contributed by atoms with E-state index in [0.29, 0.717) is 5.69 Å². The molecule has 0 fully saturated rings. The number of likely N-dealkylation sites (N-methyl/N-ethyl adjacent to an activating group) is 1. The second-order valence-electron chi connectivity index (χ2n) is 2.53. The van der Waals surface area contributed by atoms with Crippen LogP contribution < -0.4 is 16.4 Å². The topological polar surface area (TPSA) is 67.9 Å². The summed E-state index contributed by atoms with van der Waals surface area (Å²) >= 11 is 0. The number of hydrogen-bond acceptors (Lipinski definition) is 4. The van der Waals surface area contributed by atoms with E-state index in [0.717, 1.165) is 18.9 Å². The zero-order valence-electron chi connectivity index (χ0n) is 7.46. The van der Waals surface area contributed by atoms with Crippen molar-refractivity contribution in [1.82, 2.24) is 15.1 Å². The molecule has 1 rings (SSSR count). The van der Waals surface area contributed by atoms with E-state index in [-0.39, 0.29) is 0 Å². The van der Waals surface area contributed by atoms with E-state index in [4.69, 9.17) is 5.73 Å². The maximum Gasteiger partial charge on any atom is 0.147 e. The van der Waals surface area contributed by atoms with Crippen molar-refractivity contribution in [2.45, 2.75) is 6.54 Å². The van der Waals surface area contributed by atoms with Crippen LogP contribution in [0.25, 0.3) is 0 Å². The van der Waals surface area contributed by atoms with E-state index in [1.165, 1.54) is 0 Å². The van der Waals surface area contributed by atoms with Crippen LogP contribution in [0.5, 0.6) is 0 Å². The molecule has 0 unspecified atom stereocenters. The first kappa shape index (κ1) is 8.86. The van der Waals surface area contributed by atoms with Crippen molar-refractivity contribution in [3.05, 3.63) is 6.20 Å². The van der Waals surface area contributed by atoms with Crippen LogP contribution in [0.3, 0.4) is 0 Å². The minimum Gasteiger partial charge on any atom is -0.394 e. The summed E-state index contributed by atoms with van der Waals surface area (Å²) < 4.78 is 1.84. The highest BCUT2D eigenvalue weighted by atomic mass is 15.3. The first-order valence-electron chi connectivity index (χ1n) is 3.93. The van der Waals surface area contributed by atoms with Crippen molar-refractivity contribution >= 4 is 11.5 Å². The van der Waals surface area contributed by atoms with Gasteiger partial charge in [0, 0.05) is 13.6 Å². The van der Waals surface area contributed by atoms with Gasteiger partial charge >= 0.3 is 0 Å². The van der Waals surface area contributed by atoms with Gasteiger partial charge in [-0.15, -0.1) is 0 Å². The normalized spacial score (nSPS) is 10.2. The van der Waals surface area contributed by atoms with Crippen molar-refractivity contribution in [3.63, 3.8) is 0 Å². The lowest BCUT2D eigenvalue weighted by atomic mass is 10.5. The molecule has 0 aromatic carbocycles. The van der Waals surface area contributed by atoms with Crippen LogP contribution in [-0.2, 0) is 6.54 Å². The maximum atomic E-state index is 5.66. The standard InChI is InChI=1S/C7H15N5/c1-9-3-4-12-7(10-2)6(8)5-11-12/h5,9-10H,3-4,8H2,1-2H3. The van der Waals surface area contributed by atoms with Crippen molar-refractivity contribution in [2.24, 2.45) is 0 Å². The molecule has 1 aromatic heterocycles. The van der Waals surface area contributed by atoms with Gasteiger partial charge in [-0.1, -0.05) is 0 Å². The summed E-state index contributed by atoms with van der Waals surface area (Å²) in [5.41, 5.74) is 6.35. The SMILES string of the molecule is CNCCn1ncc(N)c1NC. The number of hydrogen-bond donors (Lipinski definition) is 3. The van der Waals surface area contributed by atoms with Crippen LogP contribution in [0.2, 0.25) is 0 Å². The number of rotatable bonds is 4. The van der Waals surface area contributed by atoms with Gasteiger partial charge in [-0.3, -0.25) is 0 Å². The van der Waals surface area contributed by atoms with Gasteiger partial charge in [0.1, 0.15) is 5.82 Å². The molecule has 0 amide bonds. The van der Waals surface area contributed by atoms with E-state index in [9.17, 15) is 0 Å². The molecule has 68 valence electrons. The lowest BCUT2D eigenvalue weighted by Gasteiger charge is -2.06. The third-order valence-electron chi connectivity index (χ3n) is 1.68. The fourth-order valence-electron chi connectivity index (χ4n) is 1.06. The molecule has 0 atom stereocenters. The molecule has 0 bridgehead atoms. The van der Waals surface area contributed by atoms with Gasteiger partial charge in [0.15, 0.2) is 0 Å². The smallest absolute Gasteiger partial charge is 0.147 e. The Kier molecular flexibility index (Phi) is 2.93. The molecular formula is C7H15N5. The highest BCUT2D eigenvalue weighted by molar-refractivity contribution is 5.60. The molecule has 0 spiro atoms. The largest absolute Gasteiger partial charge is 0.394 e. The Morgan fingerprint density at radius 3 is 2.92 bits per heavy atom. The summed E-state index contributed by atoms with van der Waals surface area (Å²) in [7, 11) is 3.75. The van der Waals surface area contributed by atoms with E-state index in [1.54, 1.807) is 6.20 Å². The molecule has 5 nitrogen and oxygen atoms in total. The number of anilines is 2. The maximum absolute atomic E-state index is 5.66. The molecule has 4 N–H and O–H groups in total. The number of aromatic nitrogens is 2. The second kappa shape index (κ2) is 3.96. The zero-order chi connectivity index (χ0) is 8.97. The zero-order valence-corrected chi connectivity index (χ0v) is 7.46. The van der Waals surface area contributed by atoms with E-state index in [2.05, 4.69) is 15.7 Å². The van der Waals surface area contributed by atoms with Gasteiger partial charge in [0.2, 0.25) is 0 Å². The van der Waals surface area contributed by atoms with Gasteiger partial charge in [-0.05, 0) is 7.05 Å². The molecule has 12 heavy (non-hydrogen) atoms. The molecular weight excluding hydrogens is 154 g/mol. The molecule has 1 aromatic rings. The molecule has 0 aliphatic heterocycles. The minimum atomic E-state index is 0.689. The fraction of sp³-hybridized carbons (Fsp3) is 0.571. The quantitative estimate of drug-likeness (QED) is 0.580. The Hall–Kier alpha value is -1.23. The molecule has 0 aliphatic carbocycles. The minimum absolute atomic E-state index is 0.689. The molecule has 5 heteroatoms. The Morgan fingerprint density at radius 2 is 2.33 bits per heavy atom. The van der Waals surface area contributed by atoms with E-state index >= 15 is 0 Å². The lowest BCUT2D eigenvalue weighted by molar-refractivity contribution is 0.590. The van der Waals surface area contributed by atoms with Gasteiger partial charge in [-0.25, -0.2) is 4.68 Å². The van der Waals surface area contributed by atoms with Crippen LogP contribution in [0.15, 0.2) is 6.20 Å². The summed E-state index contributed by atoms with van der Waals surface area (Å²) in [6.07, 6.45) is 1.65. The third kappa shape index (κ3) is 1.68. The summed E-state index contributed by atoms with van der Waals surface area (Å²) in [5.74, 6) is 0.880. The molecule has 0 aliphatic rings. The van der Waals surface area contributed by atoms with Gasteiger partial charge in [0.25, 0.3) is 0 Å². The summed E-state index contributed by atoms with van der Waals surface area (Å²) in [6.45, 7) is 1.71. The van der Waals surface area contributed by atoms with Gasteiger partial charge < -0.3 is 16.4 Å². The van der Waals surface area contributed by atoms with Crippen molar-refractivity contribution in [2.75, 3.05) is 31.7 Å². The summed E-state index contributed by atoms with van der Waals surface area (Å²) in [4.78, 5) is 0. The third-order valence-corrected chi connectivity index (χ3v) is 1.68. The average Bonchev–Trinajstić information content (AvgIpc) is 2.43. The number of nitrogen functional groups attached to an aromatic ring is 1. The highest BCUT2D eigenvalue weighted by Gasteiger charge is 2.04. The fourth-order valence-corrected chi connectivity index (χ4v) is 1.06. The molecule has 0 radical (unpaired) electrons. The van der Waals surface area contributed by atoms with Crippen LogP contribution in [-0.4, -0.2) is 30.4 Å². The molecule has 0 saturated heterocycles. The second-order valence-corrected chi connectivity index (χ2v) is 2.53. The highest BCUT2D eigenvalue weighted by Crippen LogP contribution is 2.15. The molecule has 0 saturated carbocycles. The van der Waals surface area contributed by atoms with Gasteiger partial charge in [-0.2, -0.15) is 5.10 Å². The predicted molar refractivity (Wildman–Crippen MR) is 50.1 cm³/mol. The summed E-state index contributed by atoms with van der Waals surface area (Å²) in [5, 5.41) is 10.2. The van der Waals surface area contributed by atoms with Crippen LogP contribution in [0, 0.1) is 0 Å². The van der Waals surface area contributed by atoms with E-state index in [1.807, 2.05) is 18.8 Å². The Balaban J connectivity index is 2.70. The predicted octanol–water partition coefficient (Wildman–Crippen LogP) is -0.274. The van der Waals surface area contributed by atoms with Crippen molar-refractivity contribution in [3.8, 4) is 0 Å². The Bertz CT molecular complexity index is 242. The van der Waals surface area contributed by atoms with Crippen molar-refractivity contribution in [1.29, 1.82) is 0 Å². The summed E-state index contributed by atoms with van der Waals surface area (Å²) in [6, 6.07) is 0. The monoisotopic (exact) mass is 169 g/mol. The molecule has 1 heterocycles. The Morgan fingerprint density at radius 1 is 1.58 bits per heavy atom. The number of nitrogens with one attached hydrogen (secondary N) is 2. The Labute approximate surface area is 71.9 Å². The number of nitrogens with two attached hydrogens (primary N) is 1. The van der Waals surface area contributed by atoms with Gasteiger partial charge in [0.05, 0.1) is 18.4 Å².